The second-order valence-corrected chi connectivity index (χ2v) is 8.19. The van der Waals surface area contributed by atoms with E-state index in [1.807, 2.05) is 66.0 Å². The average molecular weight is 445 g/mol. The Bertz CT molecular complexity index is 1130. The van der Waals surface area contributed by atoms with E-state index in [0.29, 0.717) is 24.6 Å². The Kier molecular flexibility index (Phi) is 6.87. The molecule has 2 heterocycles. The maximum absolute atomic E-state index is 12.9. The van der Waals surface area contributed by atoms with E-state index in [1.165, 1.54) is 16.3 Å². The van der Waals surface area contributed by atoms with E-state index >= 15 is 0 Å². The molecule has 4 rings (SSSR count). The van der Waals surface area contributed by atoms with Gasteiger partial charge >= 0.3 is 0 Å². The molecule has 0 saturated heterocycles. The SMILES string of the molecule is C=CCN(C(=O)CCC(=O)N1CCC(c2ccccc2)=N1)c1nc(-c2ccccc2)cs1. The van der Waals surface area contributed by atoms with Crippen molar-refractivity contribution in [1.82, 2.24) is 9.99 Å². The number of benzene rings is 2. The maximum atomic E-state index is 12.9. The number of carbonyl (C=O) groups excluding carboxylic acids is 2. The van der Waals surface area contributed by atoms with Crippen LogP contribution in [0.25, 0.3) is 11.3 Å². The molecule has 6 nitrogen and oxygen atoms in total. The van der Waals surface area contributed by atoms with Crippen LogP contribution in [0.5, 0.6) is 0 Å². The number of hydrogen-bond acceptors (Lipinski definition) is 5. The Morgan fingerprint density at radius 1 is 1.03 bits per heavy atom. The topological polar surface area (TPSA) is 65.9 Å². The van der Waals surface area contributed by atoms with E-state index in [0.717, 1.165) is 22.5 Å². The van der Waals surface area contributed by atoms with E-state index in [2.05, 4.69) is 16.7 Å². The molecule has 0 radical (unpaired) electrons. The first-order valence-corrected chi connectivity index (χ1v) is 11.4. The molecule has 1 aromatic heterocycles. The molecule has 162 valence electrons. The van der Waals surface area contributed by atoms with Crippen molar-refractivity contribution < 1.29 is 9.59 Å². The van der Waals surface area contributed by atoms with Crippen molar-refractivity contribution in [3.63, 3.8) is 0 Å². The molecule has 0 spiro atoms. The zero-order chi connectivity index (χ0) is 22.3. The molecule has 32 heavy (non-hydrogen) atoms. The van der Waals surface area contributed by atoms with Crippen LogP contribution >= 0.6 is 11.3 Å². The molecule has 1 aliphatic rings. The standard InChI is InChI=1S/C25H24N4O2S/c1-2-16-28(25-26-22(18-32-25)20-11-7-4-8-12-20)23(30)13-14-24(31)29-17-15-21(27-29)19-9-5-3-6-10-19/h2-12,18H,1,13-17H2. The molecule has 0 unspecified atom stereocenters. The van der Waals surface area contributed by atoms with E-state index in [1.54, 1.807) is 11.0 Å². The van der Waals surface area contributed by atoms with Gasteiger partial charge in [-0.05, 0) is 5.56 Å². The van der Waals surface area contributed by atoms with Crippen molar-refractivity contribution in [3.8, 4) is 11.3 Å². The Morgan fingerprint density at radius 3 is 2.41 bits per heavy atom. The molecule has 7 heteroatoms. The highest BCUT2D eigenvalue weighted by atomic mass is 32.1. The predicted molar refractivity (Wildman–Crippen MR) is 129 cm³/mol. The number of aromatic nitrogens is 1. The van der Waals surface area contributed by atoms with Crippen molar-refractivity contribution in [2.24, 2.45) is 5.10 Å². The molecule has 2 aromatic carbocycles. The monoisotopic (exact) mass is 444 g/mol. The molecule has 0 bridgehead atoms. The molecule has 3 aromatic rings. The fraction of sp³-hybridized carbons (Fsp3) is 0.200. The van der Waals surface area contributed by atoms with Gasteiger partial charge in [-0.2, -0.15) is 5.10 Å². The molecule has 0 aliphatic carbocycles. The van der Waals surface area contributed by atoms with Gasteiger partial charge in [-0.25, -0.2) is 9.99 Å². The third kappa shape index (κ3) is 5.00. The van der Waals surface area contributed by atoms with Crippen molar-refractivity contribution in [1.29, 1.82) is 0 Å². The van der Waals surface area contributed by atoms with Crippen LogP contribution in [-0.2, 0) is 9.59 Å². The summed E-state index contributed by atoms with van der Waals surface area (Å²) in [6.45, 7) is 4.64. The minimum atomic E-state index is -0.154. The van der Waals surface area contributed by atoms with Crippen molar-refractivity contribution in [2.75, 3.05) is 18.0 Å². The first-order valence-electron chi connectivity index (χ1n) is 10.5. The van der Waals surface area contributed by atoms with Gasteiger partial charge in [0.2, 0.25) is 11.8 Å². The number of hydrogen-bond donors (Lipinski definition) is 0. The first-order chi connectivity index (χ1) is 15.7. The van der Waals surface area contributed by atoms with Crippen LogP contribution in [-0.4, -0.2) is 40.6 Å². The number of carbonyl (C=O) groups is 2. The molecule has 2 amide bonds. The van der Waals surface area contributed by atoms with Gasteiger partial charge < -0.3 is 0 Å². The summed E-state index contributed by atoms with van der Waals surface area (Å²) in [5, 5.41) is 8.48. The first kappa shape index (κ1) is 21.6. The minimum Gasteiger partial charge on any atom is -0.284 e. The number of nitrogens with zero attached hydrogens (tertiary/aromatic N) is 4. The van der Waals surface area contributed by atoms with Gasteiger partial charge in [0, 0.05) is 36.8 Å². The fourth-order valence-electron chi connectivity index (χ4n) is 3.49. The van der Waals surface area contributed by atoms with Crippen molar-refractivity contribution in [2.45, 2.75) is 19.3 Å². The second-order valence-electron chi connectivity index (χ2n) is 7.35. The lowest BCUT2D eigenvalue weighted by Crippen LogP contribution is -2.32. The zero-order valence-electron chi connectivity index (χ0n) is 17.7. The smallest absolute Gasteiger partial charge is 0.243 e. The lowest BCUT2D eigenvalue weighted by molar-refractivity contribution is -0.132. The number of rotatable bonds is 8. The zero-order valence-corrected chi connectivity index (χ0v) is 18.5. The summed E-state index contributed by atoms with van der Waals surface area (Å²) in [5.74, 6) is -0.300. The number of hydrazone groups is 1. The molecule has 0 fully saturated rings. The molecular formula is C25H24N4O2S. The molecular weight excluding hydrogens is 420 g/mol. The Labute approximate surface area is 191 Å². The van der Waals surface area contributed by atoms with E-state index in [-0.39, 0.29) is 24.7 Å². The van der Waals surface area contributed by atoms with Crippen LogP contribution in [0.3, 0.4) is 0 Å². The van der Waals surface area contributed by atoms with Crippen LogP contribution < -0.4 is 4.90 Å². The fourth-order valence-corrected chi connectivity index (χ4v) is 4.35. The highest BCUT2D eigenvalue weighted by Crippen LogP contribution is 2.28. The number of anilines is 1. The maximum Gasteiger partial charge on any atom is 0.243 e. The Morgan fingerprint density at radius 2 is 1.72 bits per heavy atom. The summed E-state index contributed by atoms with van der Waals surface area (Å²) >= 11 is 1.41. The number of amides is 2. The highest BCUT2D eigenvalue weighted by Gasteiger charge is 2.24. The summed E-state index contributed by atoms with van der Waals surface area (Å²) in [7, 11) is 0. The average Bonchev–Trinajstić information content (AvgIpc) is 3.52. The van der Waals surface area contributed by atoms with Crippen molar-refractivity contribution in [3.05, 3.63) is 84.3 Å². The largest absolute Gasteiger partial charge is 0.284 e. The van der Waals surface area contributed by atoms with Gasteiger partial charge in [0.1, 0.15) is 0 Å². The van der Waals surface area contributed by atoms with Gasteiger partial charge in [-0.1, -0.05) is 66.7 Å². The van der Waals surface area contributed by atoms with Crippen LogP contribution in [0.1, 0.15) is 24.8 Å². The summed E-state index contributed by atoms with van der Waals surface area (Å²) in [4.78, 5) is 31.8. The van der Waals surface area contributed by atoms with Gasteiger partial charge in [0.15, 0.2) is 5.13 Å². The minimum absolute atomic E-state index is 0.0968. The van der Waals surface area contributed by atoms with Crippen LogP contribution in [0.2, 0.25) is 0 Å². The van der Waals surface area contributed by atoms with E-state index < -0.39 is 0 Å². The van der Waals surface area contributed by atoms with Gasteiger partial charge in [0.25, 0.3) is 0 Å². The lowest BCUT2D eigenvalue weighted by atomic mass is 10.1. The third-order valence-electron chi connectivity index (χ3n) is 5.15. The van der Waals surface area contributed by atoms with Crippen LogP contribution in [0.15, 0.2) is 83.8 Å². The van der Waals surface area contributed by atoms with Gasteiger partial charge in [0.05, 0.1) is 18.0 Å². The molecule has 0 atom stereocenters. The second kappa shape index (κ2) is 10.2. The van der Waals surface area contributed by atoms with Gasteiger partial charge in [-0.15, -0.1) is 17.9 Å². The van der Waals surface area contributed by atoms with Gasteiger partial charge in [-0.3, -0.25) is 14.5 Å². The summed E-state index contributed by atoms with van der Waals surface area (Å²) in [5.41, 5.74) is 3.74. The quantitative estimate of drug-likeness (QED) is 0.471. The van der Waals surface area contributed by atoms with E-state index in [4.69, 9.17) is 0 Å². The van der Waals surface area contributed by atoms with E-state index in [9.17, 15) is 9.59 Å². The lowest BCUT2D eigenvalue weighted by Gasteiger charge is -2.18. The third-order valence-corrected chi connectivity index (χ3v) is 6.02. The summed E-state index contributed by atoms with van der Waals surface area (Å²) in [6.07, 6.45) is 2.59. The van der Waals surface area contributed by atoms with Crippen molar-refractivity contribution >= 4 is 34.0 Å². The molecule has 1 aliphatic heterocycles. The number of thiazole rings is 1. The predicted octanol–water partition coefficient (Wildman–Crippen LogP) is 4.75. The summed E-state index contributed by atoms with van der Waals surface area (Å²) < 4.78 is 0. The van der Waals surface area contributed by atoms with Crippen LogP contribution in [0.4, 0.5) is 5.13 Å². The Hall–Kier alpha value is -3.58. The molecule has 0 N–H and O–H groups in total. The van der Waals surface area contributed by atoms with Crippen LogP contribution in [0, 0.1) is 0 Å². The molecule has 0 saturated carbocycles. The normalized spacial score (nSPS) is 13.0. The Balaban J connectivity index is 1.39. The summed E-state index contributed by atoms with van der Waals surface area (Å²) in [6, 6.07) is 19.7. The highest BCUT2D eigenvalue weighted by molar-refractivity contribution is 7.14.